The lowest BCUT2D eigenvalue weighted by Gasteiger charge is -2.19. The topological polar surface area (TPSA) is 88.5 Å². The van der Waals surface area contributed by atoms with Gasteiger partial charge in [-0.1, -0.05) is 30.6 Å². The molecule has 7 heteroatoms. The molecule has 110 valence electrons. The number of aromatic carboxylic acids is 1. The minimum absolute atomic E-state index is 0.0202. The zero-order valence-electron chi connectivity index (χ0n) is 11.3. The van der Waals surface area contributed by atoms with Gasteiger partial charge in [0.15, 0.2) is 5.13 Å². The fraction of sp³-hybridized carbons (Fsp3) is 0.615. The van der Waals surface area contributed by atoms with E-state index < -0.39 is 5.97 Å². The number of carbonyl (C=O) groups excluding carboxylic acids is 1. The Hall–Kier alpha value is -1.47. The molecule has 0 bridgehead atoms. The lowest BCUT2D eigenvalue weighted by atomic mass is 9.89. The Morgan fingerprint density at radius 3 is 2.70 bits per heavy atom. The summed E-state index contributed by atoms with van der Waals surface area (Å²) in [4.78, 5) is 27.4. The molecule has 20 heavy (non-hydrogen) atoms. The number of ether oxygens (including phenoxy) is 1. The van der Waals surface area contributed by atoms with Gasteiger partial charge in [0.2, 0.25) is 5.91 Å². The molecule has 1 heterocycles. The van der Waals surface area contributed by atoms with Crippen LogP contribution in [0, 0.1) is 5.92 Å². The van der Waals surface area contributed by atoms with Gasteiger partial charge in [0.25, 0.3) is 0 Å². The maximum absolute atomic E-state index is 12.1. The molecule has 0 atom stereocenters. The van der Waals surface area contributed by atoms with Crippen LogP contribution in [0.4, 0.5) is 5.13 Å². The number of aromatic nitrogens is 1. The minimum atomic E-state index is -1.05. The summed E-state index contributed by atoms with van der Waals surface area (Å²) < 4.78 is 4.92. The van der Waals surface area contributed by atoms with Crippen LogP contribution in [0.5, 0.6) is 0 Å². The van der Waals surface area contributed by atoms with E-state index in [1.807, 2.05) is 0 Å². The highest BCUT2D eigenvalue weighted by Gasteiger charge is 2.23. The number of rotatable bonds is 5. The van der Waals surface area contributed by atoms with Crippen molar-refractivity contribution in [2.24, 2.45) is 5.92 Å². The molecule has 0 aliphatic heterocycles. The van der Waals surface area contributed by atoms with E-state index in [2.05, 4.69) is 10.3 Å². The highest BCUT2D eigenvalue weighted by Crippen LogP contribution is 2.27. The van der Waals surface area contributed by atoms with Gasteiger partial charge >= 0.3 is 5.97 Å². The lowest BCUT2D eigenvalue weighted by molar-refractivity contribution is -0.120. The maximum Gasteiger partial charge on any atom is 0.347 e. The summed E-state index contributed by atoms with van der Waals surface area (Å²) in [6.45, 7) is 0.122. The SMILES string of the molecule is COCc1nc(NC(=O)C2CCCCC2)sc1C(=O)O. The van der Waals surface area contributed by atoms with Crippen molar-refractivity contribution in [2.75, 3.05) is 12.4 Å². The van der Waals surface area contributed by atoms with Crippen molar-refractivity contribution in [3.05, 3.63) is 10.6 Å². The van der Waals surface area contributed by atoms with Gasteiger partial charge in [0.1, 0.15) is 4.88 Å². The minimum Gasteiger partial charge on any atom is -0.477 e. The normalized spacial score (nSPS) is 16.1. The second-order valence-electron chi connectivity index (χ2n) is 4.86. The number of carboxylic acids is 1. The predicted molar refractivity (Wildman–Crippen MR) is 75.0 cm³/mol. The molecule has 0 spiro atoms. The number of hydrogen-bond acceptors (Lipinski definition) is 5. The number of carboxylic acid groups (broad SMARTS) is 1. The number of nitrogens with one attached hydrogen (secondary N) is 1. The van der Waals surface area contributed by atoms with Crippen LogP contribution in [0.3, 0.4) is 0 Å². The van der Waals surface area contributed by atoms with Gasteiger partial charge < -0.3 is 15.2 Å². The van der Waals surface area contributed by atoms with E-state index in [0.717, 1.165) is 37.0 Å². The van der Waals surface area contributed by atoms with Crippen LogP contribution in [-0.2, 0) is 16.1 Å². The zero-order valence-corrected chi connectivity index (χ0v) is 12.2. The summed E-state index contributed by atoms with van der Waals surface area (Å²) in [5, 5.41) is 12.2. The second-order valence-corrected chi connectivity index (χ2v) is 5.86. The number of hydrogen-bond donors (Lipinski definition) is 2. The first-order valence-electron chi connectivity index (χ1n) is 6.64. The zero-order chi connectivity index (χ0) is 14.5. The van der Waals surface area contributed by atoms with Gasteiger partial charge in [0, 0.05) is 13.0 Å². The molecule has 1 aromatic heterocycles. The second kappa shape index (κ2) is 6.81. The molecule has 0 saturated heterocycles. The van der Waals surface area contributed by atoms with Gasteiger partial charge in [-0.15, -0.1) is 0 Å². The number of anilines is 1. The van der Waals surface area contributed by atoms with E-state index in [9.17, 15) is 9.59 Å². The number of methoxy groups -OCH3 is 1. The van der Waals surface area contributed by atoms with Crippen LogP contribution in [0.1, 0.15) is 47.5 Å². The number of carbonyl (C=O) groups is 2. The van der Waals surface area contributed by atoms with Gasteiger partial charge in [0.05, 0.1) is 12.3 Å². The molecule has 1 aliphatic carbocycles. The molecule has 0 radical (unpaired) electrons. The first-order valence-corrected chi connectivity index (χ1v) is 7.46. The van der Waals surface area contributed by atoms with Crippen molar-refractivity contribution in [3.63, 3.8) is 0 Å². The summed E-state index contributed by atoms with van der Waals surface area (Å²) >= 11 is 0.977. The number of nitrogens with zero attached hydrogens (tertiary/aromatic N) is 1. The quantitative estimate of drug-likeness (QED) is 0.872. The summed E-state index contributed by atoms with van der Waals surface area (Å²) in [7, 11) is 1.48. The smallest absolute Gasteiger partial charge is 0.347 e. The highest BCUT2D eigenvalue weighted by atomic mass is 32.1. The van der Waals surface area contributed by atoms with Crippen molar-refractivity contribution < 1.29 is 19.4 Å². The first kappa shape index (κ1) is 14.9. The van der Waals surface area contributed by atoms with Crippen molar-refractivity contribution in [3.8, 4) is 0 Å². The molecule has 6 nitrogen and oxygen atoms in total. The predicted octanol–water partition coefficient (Wildman–Crippen LogP) is 2.51. The molecule has 1 aromatic rings. The summed E-state index contributed by atoms with van der Waals surface area (Å²) in [6, 6.07) is 0. The Kier molecular flexibility index (Phi) is 5.08. The van der Waals surface area contributed by atoms with Crippen molar-refractivity contribution in [2.45, 2.75) is 38.7 Å². The standard InChI is InChI=1S/C13H18N2O4S/c1-19-7-9-10(12(17)18)20-13(14-9)15-11(16)8-5-3-2-4-6-8/h8H,2-7H2,1H3,(H,17,18)(H,14,15,16). The van der Waals surface area contributed by atoms with Gasteiger partial charge in [-0.2, -0.15) is 0 Å². The summed E-state index contributed by atoms with van der Waals surface area (Å²) in [5.41, 5.74) is 0.351. The molecule has 1 amide bonds. The lowest BCUT2D eigenvalue weighted by Crippen LogP contribution is -2.24. The molecule has 0 aromatic carbocycles. The van der Waals surface area contributed by atoms with Gasteiger partial charge in [-0.05, 0) is 12.8 Å². The van der Waals surface area contributed by atoms with E-state index in [1.54, 1.807) is 0 Å². The Labute approximate surface area is 121 Å². The van der Waals surface area contributed by atoms with E-state index in [0.29, 0.717) is 10.8 Å². The molecule has 1 aliphatic rings. The number of thiazole rings is 1. The third-order valence-electron chi connectivity index (χ3n) is 3.38. The van der Waals surface area contributed by atoms with Crippen LogP contribution in [0.15, 0.2) is 0 Å². The summed E-state index contributed by atoms with van der Waals surface area (Å²) in [5.74, 6) is -1.08. The molecule has 2 rings (SSSR count). The van der Waals surface area contributed by atoms with Crippen LogP contribution in [0.25, 0.3) is 0 Å². The van der Waals surface area contributed by atoms with Crippen molar-refractivity contribution in [1.29, 1.82) is 0 Å². The largest absolute Gasteiger partial charge is 0.477 e. The van der Waals surface area contributed by atoms with Crippen molar-refractivity contribution in [1.82, 2.24) is 4.98 Å². The van der Waals surface area contributed by atoms with Crippen LogP contribution < -0.4 is 5.32 Å². The van der Waals surface area contributed by atoms with Gasteiger partial charge in [-0.25, -0.2) is 9.78 Å². The average molecular weight is 298 g/mol. The summed E-state index contributed by atoms with van der Waals surface area (Å²) in [6.07, 6.45) is 5.13. The highest BCUT2D eigenvalue weighted by molar-refractivity contribution is 7.17. The molecule has 1 fully saturated rings. The van der Waals surface area contributed by atoms with Crippen LogP contribution in [-0.4, -0.2) is 29.1 Å². The Bertz CT molecular complexity index is 495. The maximum atomic E-state index is 12.1. The van der Waals surface area contributed by atoms with Crippen LogP contribution >= 0.6 is 11.3 Å². The van der Waals surface area contributed by atoms with E-state index >= 15 is 0 Å². The average Bonchev–Trinajstić information content (AvgIpc) is 2.83. The molecular formula is C13H18N2O4S. The molecule has 2 N–H and O–H groups in total. The third-order valence-corrected chi connectivity index (χ3v) is 4.38. The Balaban J connectivity index is 2.06. The monoisotopic (exact) mass is 298 g/mol. The van der Waals surface area contributed by atoms with Gasteiger partial charge in [-0.3, -0.25) is 4.79 Å². The molecule has 0 unspecified atom stereocenters. The van der Waals surface area contributed by atoms with E-state index in [1.165, 1.54) is 13.5 Å². The molecule has 1 saturated carbocycles. The van der Waals surface area contributed by atoms with E-state index in [4.69, 9.17) is 9.84 Å². The fourth-order valence-corrected chi connectivity index (χ4v) is 3.19. The van der Waals surface area contributed by atoms with Crippen LogP contribution in [0.2, 0.25) is 0 Å². The third kappa shape index (κ3) is 3.55. The molecular weight excluding hydrogens is 280 g/mol. The fourth-order valence-electron chi connectivity index (χ4n) is 2.38. The number of amides is 1. The Morgan fingerprint density at radius 1 is 1.40 bits per heavy atom. The van der Waals surface area contributed by atoms with E-state index in [-0.39, 0.29) is 23.3 Å². The first-order chi connectivity index (χ1) is 9.61. The van der Waals surface area contributed by atoms with Crippen molar-refractivity contribution >= 4 is 28.3 Å². The Morgan fingerprint density at radius 2 is 2.10 bits per heavy atom.